The van der Waals surface area contributed by atoms with Gasteiger partial charge in [0.05, 0.1) is 0 Å². The molecule has 0 radical (unpaired) electrons. The molecule has 0 aromatic heterocycles. The van der Waals surface area contributed by atoms with Crippen LogP contribution in [-0.2, 0) is 21.1 Å². The first-order chi connectivity index (χ1) is 9.11. The van der Waals surface area contributed by atoms with Gasteiger partial charge in [0, 0.05) is 22.3 Å². The summed E-state index contributed by atoms with van der Waals surface area (Å²) in [5, 5.41) is 2.67. The summed E-state index contributed by atoms with van der Waals surface area (Å²) in [6.07, 6.45) is 1.54. The number of sulfone groups is 1. The van der Waals surface area contributed by atoms with Gasteiger partial charge in [0.2, 0.25) is 5.91 Å². The molecule has 0 fully saturated rings. The monoisotopic (exact) mass is 337 g/mol. The third kappa shape index (κ3) is 4.96. The molecule has 1 N–H and O–H groups in total. The van der Waals surface area contributed by atoms with Gasteiger partial charge in [-0.05, 0) is 38.0 Å². The standard InChI is InChI=1S/C13H17Cl2NO3S/c1-8(16-13(17)9(2)20(3,18)19)6-10-4-5-11(14)7-12(10)15/h4-5,7-9H,6H2,1-3H3,(H,16,17). The van der Waals surface area contributed by atoms with Gasteiger partial charge in [0.1, 0.15) is 5.25 Å². The zero-order valence-corrected chi connectivity index (χ0v) is 13.8. The number of hydrogen-bond donors (Lipinski definition) is 1. The van der Waals surface area contributed by atoms with Gasteiger partial charge in [-0.1, -0.05) is 29.3 Å². The van der Waals surface area contributed by atoms with Crippen LogP contribution in [-0.4, -0.2) is 31.9 Å². The van der Waals surface area contributed by atoms with E-state index in [0.29, 0.717) is 16.5 Å². The number of carbonyl (C=O) groups excluding carboxylic acids is 1. The van der Waals surface area contributed by atoms with E-state index in [-0.39, 0.29) is 6.04 Å². The Morgan fingerprint density at radius 2 is 1.90 bits per heavy atom. The van der Waals surface area contributed by atoms with Crippen molar-refractivity contribution in [2.24, 2.45) is 0 Å². The van der Waals surface area contributed by atoms with Crippen LogP contribution in [0.15, 0.2) is 18.2 Å². The maximum Gasteiger partial charge on any atom is 0.238 e. The van der Waals surface area contributed by atoms with E-state index in [4.69, 9.17) is 23.2 Å². The van der Waals surface area contributed by atoms with Gasteiger partial charge < -0.3 is 5.32 Å². The second-order valence-electron chi connectivity index (χ2n) is 4.82. The number of benzene rings is 1. The zero-order chi connectivity index (χ0) is 15.5. The van der Waals surface area contributed by atoms with Crippen molar-refractivity contribution in [3.63, 3.8) is 0 Å². The summed E-state index contributed by atoms with van der Waals surface area (Å²) in [4.78, 5) is 11.8. The minimum Gasteiger partial charge on any atom is -0.352 e. The average Bonchev–Trinajstić information content (AvgIpc) is 2.30. The Morgan fingerprint density at radius 3 is 2.40 bits per heavy atom. The highest BCUT2D eigenvalue weighted by molar-refractivity contribution is 7.92. The molecule has 7 heteroatoms. The van der Waals surface area contributed by atoms with E-state index in [9.17, 15) is 13.2 Å². The van der Waals surface area contributed by atoms with E-state index in [1.165, 1.54) is 6.92 Å². The van der Waals surface area contributed by atoms with Crippen LogP contribution >= 0.6 is 23.2 Å². The van der Waals surface area contributed by atoms with Crippen molar-refractivity contribution in [1.29, 1.82) is 0 Å². The number of rotatable bonds is 5. The molecular formula is C13H17Cl2NO3S. The molecule has 1 amide bonds. The van der Waals surface area contributed by atoms with Gasteiger partial charge >= 0.3 is 0 Å². The second-order valence-corrected chi connectivity index (χ2v) is 8.03. The molecule has 0 bridgehead atoms. The minimum absolute atomic E-state index is 0.231. The summed E-state index contributed by atoms with van der Waals surface area (Å²) in [5.74, 6) is -0.509. The maximum absolute atomic E-state index is 11.8. The second kappa shape index (κ2) is 6.78. The quantitative estimate of drug-likeness (QED) is 0.897. The van der Waals surface area contributed by atoms with Gasteiger partial charge in [0.15, 0.2) is 9.84 Å². The number of amides is 1. The van der Waals surface area contributed by atoms with Crippen LogP contribution < -0.4 is 5.32 Å². The Labute approximate surface area is 129 Å². The molecule has 0 saturated heterocycles. The Bertz CT molecular complexity index is 602. The van der Waals surface area contributed by atoms with Crippen LogP contribution in [0.1, 0.15) is 19.4 Å². The van der Waals surface area contributed by atoms with Gasteiger partial charge in [0.25, 0.3) is 0 Å². The molecule has 2 atom stereocenters. The van der Waals surface area contributed by atoms with E-state index >= 15 is 0 Å². The van der Waals surface area contributed by atoms with Crippen molar-refractivity contribution in [1.82, 2.24) is 5.32 Å². The van der Waals surface area contributed by atoms with Crippen molar-refractivity contribution >= 4 is 38.9 Å². The molecular weight excluding hydrogens is 321 g/mol. The van der Waals surface area contributed by atoms with E-state index in [0.717, 1.165) is 11.8 Å². The first-order valence-electron chi connectivity index (χ1n) is 6.04. The van der Waals surface area contributed by atoms with E-state index in [2.05, 4.69) is 5.32 Å². The lowest BCUT2D eigenvalue weighted by Crippen LogP contribution is -2.42. The molecule has 1 aromatic rings. The minimum atomic E-state index is -3.39. The lowest BCUT2D eigenvalue weighted by molar-refractivity contribution is -0.121. The topological polar surface area (TPSA) is 63.2 Å². The van der Waals surface area contributed by atoms with Crippen molar-refractivity contribution in [3.05, 3.63) is 33.8 Å². The van der Waals surface area contributed by atoms with Crippen LogP contribution in [0.5, 0.6) is 0 Å². The molecule has 4 nitrogen and oxygen atoms in total. The average molecular weight is 338 g/mol. The first-order valence-corrected chi connectivity index (χ1v) is 8.75. The van der Waals surface area contributed by atoms with Gasteiger partial charge in [-0.2, -0.15) is 0 Å². The summed E-state index contributed by atoms with van der Waals surface area (Å²) in [6, 6.07) is 4.90. The molecule has 0 spiro atoms. The largest absolute Gasteiger partial charge is 0.352 e. The third-order valence-electron chi connectivity index (χ3n) is 2.94. The van der Waals surface area contributed by atoms with Crippen LogP contribution in [0.4, 0.5) is 0 Å². The third-order valence-corrected chi connectivity index (χ3v) is 5.03. The fraction of sp³-hybridized carbons (Fsp3) is 0.462. The molecule has 20 heavy (non-hydrogen) atoms. The zero-order valence-electron chi connectivity index (χ0n) is 11.5. The van der Waals surface area contributed by atoms with Gasteiger partial charge in [-0.3, -0.25) is 4.79 Å². The molecule has 0 heterocycles. The fourth-order valence-corrected chi connectivity index (χ4v) is 2.57. The summed E-state index contributed by atoms with van der Waals surface area (Å²) in [6.45, 7) is 3.16. The molecule has 1 aromatic carbocycles. The number of nitrogens with one attached hydrogen (secondary N) is 1. The highest BCUT2D eigenvalue weighted by atomic mass is 35.5. The lowest BCUT2D eigenvalue weighted by atomic mass is 10.1. The summed E-state index contributed by atoms with van der Waals surface area (Å²) in [7, 11) is -3.39. The summed E-state index contributed by atoms with van der Waals surface area (Å²) < 4.78 is 22.6. The SMILES string of the molecule is CC(Cc1ccc(Cl)cc1Cl)NC(=O)C(C)S(C)(=O)=O. The number of hydrogen-bond acceptors (Lipinski definition) is 3. The van der Waals surface area contributed by atoms with Gasteiger partial charge in [-0.15, -0.1) is 0 Å². The van der Waals surface area contributed by atoms with Crippen LogP contribution in [0.3, 0.4) is 0 Å². The fourth-order valence-electron chi connectivity index (χ4n) is 1.62. The number of halogens is 2. The highest BCUT2D eigenvalue weighted by Gasteiger charge is 2.24. The molecule has 2 unspecified atom stereocenters. The summed E-state index contributed by atoms with van der Waals surface area (Å²) in [5.41, 5.74) is 0.843. The predicted octanol–water partition coefficient (Wildman–Crippen LogP) is 2.47. The van der Waals surface area contributed by atoms with Crippen molar-refractivity contribution in [2.45, 2.75) is 31.6 Å². The summed E-state index contributed by atoms with van der Waals surface area (Å²) >= 11 is 11.9. The van der Waals surface area contributed by atoms with E-state index in [1.54, 1.807) is 25.1 Å². The molecule has 0 saturated carbocycles. The van der Waals surface area contributed by atoms with Gasteiger partial charge in [-0.25, -0.2) is 8.42 Å². The van der Waals surface area contributed by atoms with Crippen LogP contribution in [0.25, 0.3) is 0 Å². The maximum atomic E-state index is 11.8. The molecule has 112 valence electrons. The predicted molar refractivity (Wildman–Crippen MR) is 82.1 cm³/mol. The van der Waals surface area contributed by atoms with Crippen molar-refractivity contribution in [2.75, 3.05) is 6.26 Å². The Kier molecular flexibility index (Phi) is 5.86. The normalized spacial score (nSPS) is 14.7. The first kappa shape index (κ1) is 17.3. The Morgan fingerprint density at radius 1 is 1.30 bits per heavy atom. The van der Waals surface area contributed by atoms with Crippen LogP contribution in [0.2, 0.25) is 10.0 Å². The molecule has 0 aliphatic heterocycles. The van der Waals surface area contributed by atoms with Crippen molar-refractivity contribution in [3.8, 4) is 0 Å². The Hall–Kier alpha value is -0.780. The molecule has 1 rings (SSSR count). The lowest BCUT2D eigenvalue weighted by Gasteiger charge is -2.17. The smallest absolute Gasteiger partial charge is 0.238 e. The van der Waals surface area contributed by atoms with E-state index in [1.807, 2.05) is 0 Å². The molecule has 0 aliphatic rings. The number of carbonyl (C=O) groups is 1. The highest BCUT2D eigenvalue weighted by Crippen LogP contribution is 2.22. The van der Waals surface area contributed by atoms with Crippen LogP contribution in [0, 0.1) is 0 Å². The van der Waals surface area contributed by atoms with E-state index < -0.39 is 21.0 Å². The molecule has 0 aliphatic carbocycles. The van der Waals surface area contributed by atoms with Crippen molar-refractivity contribution < 1.29 is 13.2 Å². The Balaban J connectivity index is 2.68.